The molecule has 1 aliphatic rings. The molecule has 2 nitrogen and oxygen atoms in total. The minimum Gasteiger partial charge on any atom is -0.381 e. The maximum atomic E-state index is 5.91. The lowest BCUT2D eigenvalue weighted by Gasteiger charge is -2.26. The maximum Gasteiger partial charge on any atom is 0.0478 e. The average Bonchev–Trinajstić information content (AvgIpc) is 2.38. The molecular formula is C14H26ClNO. The molecule has 3 heteroatoms. The van der Waals surface area contributed by atoms with Crippen LogP contribution in [0.15, 0.2) is 11.1 Å². The largest absolute Gasteiger partial charge is 0.381 e. The monoisotopic (exact) mass is 259 g/mol. The van der Waals surface area contributed by atoms with Gasteiger partial charge in [-0.1, -0.05) is 24.1 Å². The molecule has 1 rings (SSSR count). The fraction of sp³-hybridized carbons (Fsp3) is 0.857. The van der Waals surface area contributed by atoms with E-state index in [9.17, 15) is 0 Å². The molecule has 0 aliphatic carbocycles. The Kier molecular flexibility index (Phi) is 8.76. The zero-order chi connectivity index (χ0) is 12.3. The van der Waals surface area contributed by atoms with Gasteiger partial charge >= 0.3 is 0 Å². The number of ether oxygens (including phenoxy) is 1. The van der Waals surface area contributed by atoms with Crippen molar-refractivity contribution >= 4 is 11.6 Å². The molecule has 0 radical (unpaired) electrons. The van der Waals surface area contributed by atoms with E-state index in [2.05, 4.69) is 4.90 Å². The van der Waals surface area contributed by atoms with Crippen molar-refractivity contribution in [2.45, 2.75) is 45.4 Å². The molecule has 0 spiro atoms. The molecule has 1 saturated heterocycles. The first-order valence-corrected chi connectivity index (χ1v) is 7.31. The van der Waals surface area contributed by atoms with Crippen LogP contribution >= 0.6 is 11.6 Å². The Hall–Kier alpha value is -0.0500. The molecule has 0 amide bonds. The molecule has 0 bridgehead atoms. The summed E-state index contributed by atoms with van der Waals surface area (Å²) in [5.41, 5.74) is 0. The first kappa shape index (κ1) is 15.0. The van der Waals surface area contributed by atoms with Crippen LogP contribution in [-0.2, 0) is 4.74 Å². The summed E-state index contributed by atoms with van der Waals surface area (Å²) in [6, 6.07) is 0. The van der Waals surface area contributed by atoms with E-state index in [4.69, 9.17) is 16.3 Å². The van der Waals surface area contributed by atoms with Gasteiger partial charge in [-0.3, -0.25) is 0 Å². The third-order valence-corrected chi connectivity index (χ3v) is 3.64. The maximum absolute atomic E-state index is 5.91. The summed E-state index contributed by atoms with van der Waals surface area (Å²) in [5.74, 6) is 0. The van der Waals surface area contributed by atoms with E-state index in [-0.39, 0.29) is 0 Å². The molecule has 0 aromatic heterocycles. The Balaban J connectivity index is 1.84. The number of hydrogen-bond acceptors (Lipinski definition) is 2. The van der Waals surface area contributed by atoms with Crippen LogP contribution in [-0.4, -0.2) is 37.7 Å². The van der Waals surface area contributed by atoms with Crippen molar-refractivity contribution in [1.29, 1.82) is 0 Å². The van der Waals surface area contributed by atoms with Crippen molar-refractivity contribution in [2.75, 3.05) is 32.8 Å². The van der Waals surface area contributed by atoms with Crippen LogP contribution in [0, 0.1) is 0 Å². The second-order valence-corrected chi connectivity index (χ2v) is 5.19. The van der Waals surface area contributed by atoms with Crippen LogP contribution in [0.3, 0.4) is 0 Å². The van der Waals surface area contributed by atoms with Gasteiger partial charge in [0.1, 0.15) is 0 Å². The molecule has 0 atom stereocenters. The van der Waals surface area contributed by atoms with Crippen LogP contribution in [0.5, 0.6) is 0 Å². The predicted octanol–water partition coefficient (Wildman–Crippen LogP) is 3.80. The number of nitrogens with zero attached hydrogens (tertiary/aromatic N) is 1. The predicted molar refractivity (Wildman–Crippen MR) is 74.6 cm³/mol. The normalized spacial score (nSPS) is 18.6. The van der Waals surface area contributed by atoms with Crippen LogP contribution < -0.4 is 0 Å². The second kappa shape index (κ2) is 9.93. The van der Waals surface area contributed by atoms with Gasteiger partial charge in [-0.15, -0.1) is 0 Å². The lowest BCUT2D eigenvalue weighted by atomic mass is 10.1. The molecule has 0 N–H and O–H groups in total. The third-order valence-electron chi connectivity index (χ3n) is 3.23. The van der Waals surface area contributed by atoms with Gasteiger partial charge in [0.25, 0.3) is 0 Å². The molecule has 1 heterocycles. The summed E-state index contributed by atoms with van der Waals surface area (Å²) in [5, 5.41) is 0.946. The smallest absolute Gasteiger partial charge is 0.0478 e. The van der Waals surface area contributed by atoms with Crippen molar-refractivity contribution in [3.8, 4) is 0 Å². The summed E-state index contributed by atoms with van der Waals surface area (Å²) in [6.07, 6.45) is 9.27. The number of rotatable bonds is 8. The average molecular weight is 260 g/mol. The van der Waals surface area contributed by atoms with Crippen LogP contribution in [0.25, 0.3) is 0 Å². The quantitative estimate of drug-likeness (QED) is 0.615. The Bertz CT molecular complexity index is 212. The second-order valence-electron chi connectivity index (χ2n) is 4.71. The standard InChI is InChI=1S/C14H26ClNO/c1-2-14(15)8-6-12-17-13-7-11-16-9-4-3-5-10-16/h2H,3-13H2,1H3/b14-2-. The van der Waals surface area contributed by atoms with Crippen LogP contribution in [0.1, 0.15) is 45.4 Å². The number of piperidine rings is 1. The number of halogens is 1. The Morgan fingerprint density at radius 3 is 2.59 bits per heavy atom. The Morgan fingerprint density at radius 1 is 1.18 bits per heavy atom. The van der Waals surface area contributed by atoms with Gasteiger partial charge in [-0.25, -0.2) is 0 Å². The lowest BCUT2D eigenvalue weighted by molar-refractivity contribution is 0.115. The van der Waals surface area contributed by atoms with Gasteiger partial charge in [0.15, 0.2) is 0 Å². The van der Waals surface area contributed by atoms with Crippen molar-refractivity contribution in [1.82, 2.24) is 4.90 Å². The van der Waals surface area contributed by atoms with Gasteiger partial charge in [-0.05, 0) is 52.1 Å². The molecule has 100 valence electrons. The van der Waals surface area contributed by atoms with E-state index in [0.717, 1.165) is 37.5 Å². The molecular weight excluding hydrogens is 234 g/mol. The number of hydrogen-bond donors (Lipinski definition) is 0. The Labute approximate surface area is 111 Å². The minimum atomic E-state index is 0.837. The summed E-state index contributed by atoms with van der Waals surface area (Å²) in [7, 11) is 0. The van der Waals surface area contributed by atoms with Crippen molar-refractivity contribution in [3.05, 3.63) is 11.1 Å². The third kappa shape index (κ3) is 7.80. The fourth-order valence-electron chi connectivity index (χ4n) is 2.16. The molecule has 0 saturated carbocycles. The fourth-order valence-corrected chi connectivity index (χ4v) is 2.30. The summed E-state index contributed by atoms with van der Waals surface area (Å²) < 4.78 is 5.61. The highest BCUT2D eigenvalue weighted by molar-refractivity contribution is 6.29. The van der Waals surface area contributed by atoms with Crippen molar-refractivity contribution in [2.24, 2.45) is 0 Å². The first-order chi connectivity index (χ1) is 8.33. The van der Waals surface area contributed by atoms with E-state index in [1.54, 1.807) is 0 Å². The minimum absolute atomic E-state index is 0.837. The number of likely N-dealkylation sites (tertiary alicyclic amines) is 1. The van der Waals surface area contributed by atoms with Crippen LogP contribution in [0.2, 0.25) is 0 Å². The summed E-state index contributed by atoms with van der Waals surface area (Å²) in [4.78, 5) is 2.56. The molecule has 0 aromatic carbocycles. The highest BCUT2D eigenvalue weighted by atomic mass is 35.5. The Morgan fingerprint density at radius 2 is 1.88 bits per heavy atom. The molecule has 0 aromatic rings. The SMILES string of the molecule is C/C=C(\Cl)CCCOCCCN1CCCCC1. The zero-order valence-corrected chi connectivity index (χ0v) is 11.8. The molecule has 1 aliphatic heterocycles. The highest BCUT2D eigenvalue weighted by Crippen LogP contribution is 2.10. The number of allylic oxidation sites excluding steroid dienone is 2. The van der Waals surface area contributed by atoms with Gasteiger partial charge in [-0.2, -0.15) is 0 Å². The van der Waals surface area contributed by atoms with E-state index in [1.807, 2.05) is 13.0 Å². The first-order valence-electron chi connectivity index (χ1n) is 6.93. The van der Waals surface area contributed by atoms with Crippen molar-refractivity contribution in [3.63, 3.8) is 0 Å². The summed E-state index contributed by atoms with van der Waals surface area (Å²) >= 11 is 5.91. The molecule has 17 heavy (non-hydrogen) atoms. The molecule has 1 fully saturated rings. The van der Waals surface area contributed by atoms with E-state index in [0.29, 0.717) is 0 Å². The van der Waals surface area contributed by atoms with E-state index in [1.165, 1.54) is 38.9 Å². The van der Waals surface area contributed by atoms with Gasteiger partial charge in [0.2, 0.25) is 0 Å². The van der Waals surface area contributed by atoms with E-state index >= 15 is 0 Å². The molecule has 0 unspecified atom stereocenters. The summed E-state index contributed by atoms with van der Waals surface area (Å²) in [6.45, 7) is 7.49. The highest BCUT2D eigenvalue weighted by Gasteiger charge is 2.08. The van der Waals surface area contributed by atoms with Crippen LogP contribution in [0.4, 0.5) is 0 Å². The van der Waals surface area contributed by atoms with Gasteiger partial charge in [0, 0.05) is 24.8 Å². The van der Waals surface area contributed by atoms with Crippen molar-refractivity contribution < 1.29 is 4.74 Å². The van der Waals surface area contributed by atoms with Gasteiger partial charge < -0.3 is 9.64 Å². The van der Waals surface area contributed by atoms with E-state index < -0.39 is 0 Å². The van der Waals surface area contributed by atoms with Gasteiger partial charge in [0.05, 0.1) is 0 Å². The lowest BCUT2D eigenvalue weighted by Crippen LogP contribution is -2.31. The topological polar surface area (TPSA) is 12.5 Å². The zero-order valence-electron chi connectivity index (χ0n) is 11.1.